The summed E-state index contributed by atoms with van der Waals surface area (Å²) in [5.41, 5.74) is 10.2. The minimum atomic E-state index is -0.243. The van der Waals surface area contributed by atoms with Crippen molar-refractivity contribution < 1.29 is 4.39 Å². The van der Waals surface area contributed by atoms with Gasteiger partial charge in [0.25, 0.3) is 0 Å². The fourth-order valence-corrected chi connectivity index (χ4v) is 2.80. The monoisotopic (exact) mass is 261 g/mol. The lowest BCUT2D eigenvalue weighted by atomic mass is 10.1. The molecule has 2 aromatic rings. The summed E-state index contributed by atoms with van der Waals surface area (Å²) in [4.78, 5) is 0.802. The van der Waals surface area contributed by atoms with Gasteiger partial charge in [-0.3, -0.25) is 0 Å². The zero-order valence-corrected chi connectivity index (χ0v) is 11.4. The minimum absolute atomic E-state index is 0.243. The summed E-state index contributed by atoms with van der Waals surface area (Å²) in [5.74, 6) is 0.564. The lowest BCUT2D eigenvalue weighted by Gasteiger charge is -2.08. The molecule has 0 saturated carbocycles. The molecular weight excluding hydrogens is 245 g/mol. The van der Waals surface area contributed by atoms with Crippen molar-refractivity contribution in [3.63, 3.8) is 0 Å². The number of anilines is 1. The molecule has 0 aromatic heterocycles. The molecule has 0 aliphatic heterocycles. The number of nitrogen functional groups attached to an aromatic ring is 1. The van der Waals surface area contributed by atoms with E-state index in [1.807, 2.05) is 0 Å². The van der Waals surface area contributed by atoms with Crippen LogP contribution in [-0.4, -0.2) is 0 Å². The Morgan fingerprint density at radius 3 is 2.67 bits per heavy atom. The summed E-state index contributed by atoms with van der Waals surface area (Å²) in [7, 11) is 0. The lowest BCUT2D eigenvalue weighted by molar-refractivity contribution is 0.624. The van der Waals surface area contributed by atoms with Crippen LogP contribution >= 0.6 is 11.8 Å². The number of halogens is 1. The van der Waals surface area contributed by atoms with Gasteiger partial charge in [0.15, 0.2) is 0 Å². The molecule has 0 fully saturated rings. The van der Waals surface area contributed by atoms with Crippen LogP contribution in [0, 0.1) is 19.7 Å². The van der Waals surface area contributed by atoms with Gasteiger partial charge in [-0.1, -0.05) is 23.8 Å². The van der Waals surface area contributed by atoms with Crippen LogP contribution in [0.15, 0.2) is 41.3 Å². The summed E-state index contributed by atoms with van der Waals surface area (Å²) in [6, 6.07) is 10.9. The molecule has 0 aliphatic carbocycles. The van der Waals surface area contributed by atoms with E-state index in [-0.39, 0.29) is 5.82 Å². The maximum absolute atomic E-state index is 13.1. The molecule has 3 heteroatoms. The topological polar surface area (TPSA) is 26.0 Å². The molecule has 0 heterocycles. The summed E-state index contributed by atoms with van der Waals surface area (Å²) in [6.07, 6.45) is 0. The van der Waals surface area contributed by atoms with E-state index in [0.29, 0.717) is 5.69 Å². The smallest absolute Gasteiger partial charge is 0.124 e. The average Bonchev–Trinajstić information content (AvgIpc) is 2.34. The van der Waals surface area contributed by atoms with Crippen LogP contribution in [0.5, 0.6) is 0 Å². The van der Waals surface area contributed by atoms with Crippen LogP contribution in [0.1, 0.15) is 16.7 Å². The van der Waals surface area contributed by atoms with E-state index in [0.717, 1.165) is 10.6 Å². The number of aryl methyl sites for hydroxylation is 2. The summed E-state index contributed by atoms with van der Waals surface area (Å²) in [6.45, 7) is 4.16. The quantitative estimate of drug-likeness (QED) is 0.658. The molecule has 1 nitrogen and oxygen atoms in total. The number of rotatable bonds is 3. The highest BCUT2D eigenvalue weighted by Crippen LogP contribution is 2.29. The molecule has 0 saturated heterocycles. The molecule has 0 radical (unpaired) electrons. The Morgan fingerprint density at radius 1 is 1.11 bits per heavy atom. The van der Waals surface area contributed by atoms with E-state index in [1.54, 1.807) is 17.8 Å². The highest BCUT2D eigenvalue weighted by molar-refractivity contribution is 7.98. The third-order valence-corrected chi connectivity index (χ3v) is 3.98. The van der Waals surface area contributed by atoms with Crippen molar-refractivity contribution in [3.8, 4) is 0 Å². The first kappa shape index (κ1) is 13.0. The fourth-order valence-electron chi connectivity index (χ4n) is 1.74. The van der Waals surface area contributed by atoms with Crippen molar-refractivity contribution in [2.24, 2.45) is 0 Å². The molecule has 18 heavy (non-hydrogen) atoms. The van der Waals surface area contributed by atoms with Crippen LogP contribution in [-0.2, 0) is 5.75 Å². The first-order valence-electron chi connectivity index (χ1n) is 5.80. The second-order valence-electron chi connectivity index (χ2n) is 4.40. The second kappa shape index (κ2) is 5.44. The summed E-state index contributed by atoms with van der Waals surface area (Å²) >= 11 is 1.57. The zero-order valence-electron chi connectivity index (χ0n) is 10.5. The molecule has 0 aliphatic rings. The van der Waals surface area contributed by atoms with Crippen LogP contribution in [0.25, 0.3) is 0 Å². The second-order valence-corrected chi connectivity index (χ2v) is 5.42. The van der Waals surface area contributed by atoms with E-state index in [2.05, 4.69) is 32.0 Å². The third kappa shape index (κ3) is 3.05. The van der Waals surface area contributed by atoms with Crippen molar-refractivity contribution in [3.05, 3.63) is 58.9 Å². The first-order valence-corrected chi connectivity index (χ1v) is 6.79. The molecule has 0 amide bonds. The molecule has 0 unspecified atom stereocenters. The van der Waals surface area contributed by atoms with Crippen molar-refractivity contribution in [1.82, 2.24) is 0 Å². The molecule has 0 bridgehead atoms. The van der Waals surface area contributed by atoms with Gasteiger partial charge in [0, 0.05) is 16.3 Å². The SMILES string of the molecule is Cc1ccc(C)c(CSc2cc(F)ccc2N)c1. The first-order chi connectivity index (χ1) is 8.56. The molecule has 0 atom stereocenters. The Hall–Kier alpha value is -1.48. The highest BCUT2D eigenvalue weighted by Gasteiger charge is 2.04. The Labute approximate surface area is 111 Å². The van der Waals surface area contributed by atoms with Crippen LogP contribution in [0.4, 0.5) is 10.1 Å². The third-order valence-electron chi connectivity index (χ3n) is 2.86. The molecular formula is C15H16FNS. The molecule has 2 rings (SSSR count). The van der Waals surface area contributed by atoms with Gasteiger partial charge in [-0.2, -0.15) is 0 Å². The molecule has 94 valence electrons. The van der Waals surface area contributed by atoms with Gasteiger partial charge in [0.05, 0.1) is 0 Å². The maximum Gasteiger partial charge on any atom is 0.124 e. The van der Waals surface area contributed by atoms with Gasteiger partial charge in [0.1, 0.15) is 5.82 Å². The van der Waals surface area contributed by atoms with Crippen molar-refractivity contribution in [1.29, 1.82) is 0 Å². The minimum Gasteiger partial charge on any atom is -0.398 e. The predicted molar refractivity (Wildman–Crippen MR) is 76.3 cm³/mol. The van der Waals surface area contributed by atoms with Gasteiger partial charge < -0.3 is 5.73 Å². The van der Waals surface area contributed by atoms with E-state index >= 15 is 0 Å². The Morgan fingerprint density at radius 2 is 1.89 bits per heavy atom. The van der Waals surface area contributed by atoms with Crippen LogP contribution < -0.4 is 5.73 Å². The van der Waals surface area contributed by atoms with Crippen molar-refractivity contribution >= 4 is 17.4 Å². The van der Waals surface area contributed by atoms with Crippen LogP contribution in [0.2, 0.25) is 0 Å². The molecule has 0 spiro atoms. The fraction of sp³-hybridized carbons (Fsp3) is 0.200. The van der Waals surface area contributed by atoms with Gasteiger partial charge in [0.2, 0.25) is 0 Å². The Kier molecular flexibility index (Phi) is 3.92. The largest absolute Gasteiger partial charge is 0.398 e. The number of thioether (sulfide) groups is 1. The van der Waals surface area contributed by atoms with Gasteiger partial charge >= 0.3 is 0 Å². The van der Waals surface area contributed by atoms with Gasteiger partial charge in [-0.25, -0.2) is 4.39 Å². The van der Waals surface area contributed by atoms with Gasteiger partial charge in [-0.15, -0.1) is 11.8 Å². The summed E-state index contributed by atoms with van der Waals surface area (Å²) < 4.78 is 13.1. The van der Waals surface area contributed by atoms with Crippen molar-refractivity contribution in [2.45, 2.75) is 24.5 Å². The summed E-state index contributed by atoms with van der Waals surface area (Å²) in [5, 5.41) is 0. The van der Waals surface area contributed by atoms with E-state index in [9.17, 15) is 4.39 Å². The van der Waals surface area contributed by atoms with Gasteiger partial charge in [-0.05, 0) is 43.2 Å². The Balaban J connectivity index is 2.16. The maximum atomic E-state index is 13.1. The number of hydrogen-bond donors (Lipinski definition) is 1. The number of benzene rings is 2. The zero-order chi connectivity index (χ0) is 13.1. The van der Waals surface area contributed by atoms with Crippen molar-refractivity contribution in [2.75, 3.05) is 5.73 Å². The highest BCUT2D eigenvalue weighted by atomic mass is 32.2. The predicted octanol–water partition coefficient (Wildman–Crippen LogP) is 4.32. The molecule has 2 N–H and O–H groups in total. The number of hydrogen-bond acceptors (Lipinski definition) is 2. The van der Waals surface area contributed by atoms with E-state index in [1.165, 1.54) is 28.8 Å². The van der Waals surface area contributed by atoms with Crippen LogP contribution in [0.3, 0.4) is 0 Å². The lowest BCUT2D eigenvalue weighted by Crippen LogP contribution is -1.92. The van der Waals surface area contributed by atoms with E-state index < -0.39 is 0 Å². The standard InChI is InChI=1S/C15H16FNS/c1-10-3-4-11(2)12(7-10)9-18-15-8-13(16)5-6-14(15)17/h3-8H,9,17H2,1-2H3. The van der Waals surface area contributed by atoms with E-state index in [4.69, 9.17) is 5.73 Å². The molecule has 2 aromatic carbocycles. The number of nitrogens with two attached hydrogens (primary N) is 1. The Bertz CT molecular complexity index is 515. The normalized spacial score (nSPS) is 10.6. The average molecular weight is 261 g/mol.